The van der Waals surface area contributed by atoms with Gasteiger partial charge < -0.3 is 10.1 Å². The number of carbonyl (C=O) groups is 3. The van der Waals surface area contributed by atoms with Crippen molar-refractivity contribution in [1.29, 1.82) is 0 Å². The highest BCUT2D eigenvalue weighted by molar-refractivity contribution is 9.10. The van der Waals surface area contributed by atoms with Crippen molar-refractivity contribution >= 4 is 72.4 Å². The second kappa shape index (κ2) is 11.2. The third-order valence-corrected chi connectivity index (χ3v) is 6.92. The van der Waals surface area contributed by atoms with Gasteiger partial charge in [0.15, 0.2) is 0 Å². The lowest BCUT2D eigenvalue weighted by Crippen LogP contribution is -2.36. The molecule has 0 aromatic heterocycles. The van der Waals surface area contributed by atoms with Crippen LogP contribution >= 0.6 is 43.6 Å². The second-order valence-corrected chi connectivity index (χ2v) is 10.2. The molecule has 1 aliphatic rings. The molecular formula is C25H17Br2FN2O4S. The van der Waals surface area contributed by atoms with Gasteiger partial charge >= 0.3 is 0 Å². The fraction of sp³-hybridized carbons (Fsp3) is 0.0800. The first-order valence-corrected chi connectivity index (χ1v) is 12.7. The van der Waals surface area contributed by atoms with E-state index in [0.717, 1.165) is 26.7 Å². The van der Waals surface area contributed by atoms with Crippen molar-refractivity contribution in [3.8, 4) is 5.75 Å². The number of nitrogens with zero attached hydrogens (tertiary/aromatic N) is 1. The molecule has 178 valence electrons. The molecule has 3 aromatic rings. The Bertz CT molecular complexity index is 1310. The van der Waals surface area contributed by atoms with Crippen LogP contribution in [0.1, 0.15) is 11.1 Å². The van der Waals surface area contributed by atoms with E-state index in [1.807, 2.05) is 0 Å². The number of benzene rings is 3. The highest BCUT2D eigenvalue weighted by Crippen LogP contribution is 2.34. The van der Waals surface area contributed by atoms with Crippen LogP contribution in [0.2, 0.25) is 0 Å². The zero-order valence-corrected chi connectivity index (χ0v) is 22.0. The number of carbonyl (C=O) groups excluding carboxylic acids is 3. The maximum absolute atomic E-state index is 13.0. The lowest BCUT2D eigenvalue weighted by molar-refractivity contribution is -0.127. The molecule has 1 heterocycles. The standard InChI is InChI=1S/C25H17Br2FN2O4S/c26-17-4-8-19(9-5-17)29-23(31)13-30-24(32)22(35-25(30)33)12-16-3-10-21(20(27)11-16)34-14-15-1-6-18(28)7-2-15/h1-12H,13-14H2,(H,29,31)/b22-12-. The van der Waals surface area contributed by atoms with Gasteiger partial charge in [0, 0.05) is 10.2 Å². The molecule has 1 saturated heterocycles. The monoisotopic (exact) mass is 618 g/mol. The highest BCUT2D eigenvalue weighted by Gasteiger charge is 2.36. The number of ether oxygens (including phenoxy) is 1. The van der Waals surface area contributed by atoms with Crippen molar-refractivity contribution < 1.29 is 23.5 Å². The predicted molar refractivity (Wildman–Crippen MR) is 140 cm³/mol. The highest BCUT2D eigenvalue weighted by atomic mass is 79.9. The zero-order chi connectivity index (χ0) is 24.9. The Hall–Kier alpha value is -2.95. The van der Waals surface area contributed by atoms with Crippen LogP contribution in [0.5, 0.6) is 5.75 Å². The van der Waals surface area contributed by atoms with Gasteiger partial charge in [-0.25, -0.2) is 4.39 Å². The molecule has 1 fully saturated rings. The molecule has 0 radical (unpaired) electrons. The molecule has 1 N–H and O–H groups in total. The first-order valence-electron chi connectivity index (χ1n) is 10.3. The van der Waals surface area contributed by atoms with E-state index in [1.165, 1.54) is 12.1 Å². The average Bonchev–Trinajstić information content (AvgIpc) is 3.08. The molecule has 3 amide bonds. The summed E-state index contributed by atoms with van der Waals surface area (Å²) < 4.78 is 20.3. The van der Waals surface area contributed by atoms with E-state index in [-0.39, 0.29) is 23.9 Å². The lowest BCUT2D eigenvalue weighted by atomic mass is 10.2. The van der Waals surface area contributed by atoms with Crippen LogP contribution in [-0.4, -0.2) is 28.5 Å². The summed E-state index contributed by atoms with van der Waals surface area (Å²) in [6.45, 7) is -0.114. The van der Waals surface area contributed by atoms with Crippen LogP contribution < -0.4 is 10.1 Å². The van der Waals surface area contributed by atoms with E-state index in [1.54, 1.807) is 60.7 Å². The fourth-order valence-electron chi connectivity index (χ4n) is 3.13. The Kier molecular flexibility index (Phi) is 8.04. The maximum atomic E-state index is 13.0. The summed E-state index contributed by atoms with van der Waals surface area (Å²) in [7, 11) is 0. The molecule has 0 saturated carbocycles. The minimum Gasteiger partial charge on any atom is -0.488 e. The number of imide groups is 1. The van der Waals surface area contributed by atoms with Gasteiger partial charge in [0.05, 0.1) is 9.38 Å². The summed E-state index contributed by atoms with van der Waals surface area (Å²) in [6.07, 6.45) is 1.59. The Morgan fingerprint density at radius 1 is 1.03 bits per heavy atom. The van der Waals surface area contributed by atoms with Crippen LogP contribution in [0.3, 0.4) is 0 Å². The molecule has 0 unspecified atom stereocenters. The lowest BCUT2D eigenvalue weighted by Gasteiger charge is -2.12. The minimum atomic E-state index is -0.529. The molecule has 3 aromatic carbocycles. The van der Waals surface area contributed by atoms with E-state index in [9.17, 15) is 18.8 Å². The first-order chi connectivity index (χ1) is 16.8. The van der Waals surface area contributed by atoms with Crippen LogP contribution in [0.25, 0.3) is 6.08 Å². The number of nitrogens with one attached hydrogen (secondary N) is 1. The van der Waals surface area contributed by atoms with Crippen LogP contribution in [-0.2, 0) is 16.2 Å². The van der Waals surface area contributed by atoms with Crippen molar-refractivity contribution in [1.82, 2.24) is 4.90 Å². The molecule has 0 spiro atoms. The number of rotatable bonds is 7. The third kappa shape index (κ3) is 6.59. The molecule has 10 heteroatoms. The topological polar surface area (TPSA) is 75.7 Å². The summed E-state index contributed by atoms with van der Waals surface area (Å²) in [5.74, 6) is -0.738. The Morgan fingerprint density at radius 3 is 2.43 bits per heavy atom. The van der Waals surface area contributed by atoms with Gasteiger partial charge in [0.2, 0.25) is 5.91 Å². The van der Waals surface area contributed by atoms with Gasteiger partial charge in [0.1, 0.15) is 24.7 Å². The molecule has 0 aliphatic carbocycles. The van der Waals surface area contributed by atoms with E-state index in [2.05, 4.69) is 37.2 Å². The molecule has 1 aliphatic heterocycles. The van der Waals surface area contributed by atoms with Crippen molar-refractivity contribution in [2.45, 2.75) is 6.61 Å². The number of amides is 3. The van der Waals surface area contributed by atoms with Crippen molar-refractivity contribution in [3.05, 3.63) is 97.5 Å². The molecule has 6 nitrogen and oxygen atoms in total. The van der Waals surface area contributed by atoms with Gasteiger partial charge in [-0.05, 0) is 93.4 Å². The van der Waals surface area contributed by atoms with Gasteiger partial charge in [-0.1, -0.05) is 34.1 Å². The maximum Gasteiger partial charge on any atom is 0.294 e. The minimum absolute atomic E-state index is 0.221. The number of halogens is 3. The van der Waals surface area contributed by atoms with Crippen molar-refractivity contribution in [3.63, 3.8) is 0 Å². The van der Waals surface area contributed by atoms with Gasteiger partial charge in [-0.2, -0.15) is 0 Å². The van der Waals surface area contributed by atoms with E-state index in [0.29, 0.717) is 21.5 Å². The molecule has 35 heavy (non-hydrogen) atoms. The van der Waals surface area contributed by atoms with E-state index in [4.69, 9.17) is 4.74 Å². The number of thioether (sulfide) groups is 1. The predicted octanol–water partition coefficient (Wildman–Crippen LogP) is 6.60. The van der Waals surface area contributed by atoms with Crippen LogP contribution in [0, 0.1) is 5.82 Å². The summed E-state index contributed by atoms with van der Waals surface area (Å²) in [6, 6.07) is 18.2. The Balaban J connectivity index is 1.39. The normalized spacial score (nSPS) is 14.5. The van der Waals surface area contributed by atoms with E-state index >= 15 is 0 Å². The largest absolute Gasteiger partial charge is 0.488 e. The van der Waals surface area contributed by atoms with Crippen LogP contribution in [0.15, 0.2) is 80.6 Å². The zero-order valence-electron chi connectivity index (χ0n) is 18.0. The summed E-state index contributed by atoms with van der Waals surface area (Å²) in [5.41, 5.74) is 2.06. The van der Waals surface area contributed by atoms with Gasteiger partial charge in [0.25, 0.3) is 11.1 Å². The molecular weight excluding hydrogens is 603 g/mol. The quantitative estimate of drug-likeness (QED) is 0.301. The fourth-order valence-corrected chi connectivity index (χ4v) is 4.74. The van der Waals surface area contributed by atoms with E-state index < -0.39 is 17.1 Å². The molecule has 0 bridgehead atoms. The van der Waals surface area contributed by atoms with Crippen molar-refractivity contribution in [2.24, 2.45) is 0 Å². The summed E-state index contributed by atoms with van der Waals surface area (Å²) >= 11 is 7.55. The second-order valence-electron chi connectivity index (χ2n) is 7.43. The summed E-state index contributed by atoms with van der Waals surface area (Å²) in [4.78, 5) is 38.6. The van der Waals surface area contributed by atoms with Crippen LogP contribution in [0.4, 0.5) is 14.9 Å². The third-order valence-electron chi connectivity index (χ3n) is 4.86. The van der Waals surface area contributed by atoms with Crippen molar-refractivity contribution in [2.75, 3.05) is 11.9 Å². The number of anilines is 1. The number of hydrogen-bond donors (Lipinski definition) is 1. The Labute approximate surface area is 221 Å². The average molecular weight is 620 g/mol. The first kappa shape index (κ1) is 25.2. The van der Waals surface area contributed by atoms with Gasteiger partial charge in [-0.3, -0.25) is 19.3 Å². The summed E-state index contributed by atoms with van der Waals surface area (Å²) in [5, 5.41) is 2.16. The smallest absolute Gasteiger partial charge is 0.294 e. The molecule has 4 rings (SSSR count). The number of hydrogen-bond acceptors (Lipinski definition) is 5. The molecule has 0 atom stereocenters. The Morgan fingerprint density at radius 2 is 1.74 bits per heavy atom. The SMILES string of the molecule is O=C(CN1C(=O)S/C(=C\c2ccc(OCc3ccc(F)cc3)c(Br)c2)C1=O)Nc1ccc(Br)cc1. The van der Waals surface area contributed by atoms with Gasteiger partial charge in [-0.15, -0.1) is 0 Å².